The summed E-state index contributed by atoms with van der Waals surface area (Å²) in [5, 5.41) is 7.20. The van der Waals surface area contributed by atoms with Crippen LogP contribution in [0.25, 0.3) is 10.1 Å². The molecule has 1 N–H and O–H groups in total. The molecule has 0 spiro atoms. The van der Waals surface area contributed by atoms with Crippen LogP contribution in [0.5, 0.6) is 0 Å². The molecule has 1 saturated carbocycles. The van der Waals surface area contributed by atoms with Gasteiger partial charge in [0.1, 0.15) is 0 Å². The number of amides is 1. The number of benzene rings is 2. The van der Waals surface area contributed by atoms with Crippen LogP contribution in [0.1, 0.15) is 23.5 Å². The molecule has 0 bridgehead atoms. The van der Waals surface area contributed by atoms with Gasteiger partial charge in [0.25, 0.3) is 0 Å². The van der Waals surface area contributed by atoms with E-state index in [-0.39, 0.29) is 17.7 Å². The third kappa shape index (κ3) is 2.87. The van der Waals surface area contributed by atoms with Crippen LogP contribution in [-0.4, -0.2) is 5.91 Å². The summed E-state index contributed by atoms with van der Waals surface area (Å²) in [7, 11) is 0. The lowest BCUT2D eigenvalue weighted by molar-refractivity contribution is -0.122. The molecule has 2 unspecified atom stereocenters. The van der Waals surface area contributed by atoms with Gasteiger partial charge in [-0.25, -0.2) is 0 Å². The van der Waals surface area contributed by atoms with E-state index in [9.17, 15) is 4.79 Å². The molecule has 1 fully saturated rings. The van der Waals surface area contributed by atoms with Crippen LogP contribution in [0.2, 0.25) is 5.02 Å². The fourth-order valence-electron chi connectivity index (χ4n) is 3.09. The van der Waals surface area contributed by atoms with Gasteiger partial charge in [0.05, 0.1) is 0 Å². The van der Waals surface area contributed by atoms with Gasteiger partial charge in [-0.3, -0.25) is 4.79 Å². The zero-order valence-corrected chi connectivity index (χ0v) is 14.0. The Morgan fingerprint density at radius 3 is 2.83 bits per heavy atom. The van der Waals surface area contributed by atoms with Crippen LogP contribution >= 0.6 is 22.9 Å². The minimum atomic E-state index is 0.0554. The second-order valence-corrected chi connectivity index (χ2v) is 7.26. The van der Waals surface area contributed by atoms with E-state index < -0.39 is 0 Å². The third-order valence-corrected chi connectivity index (χ3v) is 5.80. The fraction of sp³-hybridized carbons (Fsp3) is 0.211. The number of carbonyl (C=O) groups excluding carboxylic acids is 1. The molecular weight excluding hydrogens is 326 g/mol. The predicted molar refractivity (Wildman–Crippen MR) is 96.0 cm³/mol. The lowest BCUT2D eigenvalue weighted by Crippen LogP contribution is -2.24. The van der Waals surface area contributed by atoms with Crippen LogP contribution in [0.3, 0.4) is 0 Å². The van der Waals surface area contributed by atoms with Crippen molar-refractivity contribution >= 4 is 38.9 Å². The quantitative estimate of drug-likeness (QED) is 0.712. The summed E-state index contributed by atoms with van der Waals surface area (Å²) in [5.41, 5.74) is 2.28. The first-order valence-corrected chi connectivity index (χ1v) is 8.97. The summed E-state index contributed by atoms with van der Waals surface area (Å²) in [6, 6.07) is 16.1. The van der Waals surface area contributed by atoms with E-state index in [0.717, 1.165) is 17.0 Å². The van der Waals surface area contributed by atoms with Crippen molar-refractivity contribution in [3.8, 4) is 0 Å². The maximum absolute atomic E-state index is 12.4. The Hall–Kier alpha value is -1.84. The van der Waals surface area contributed by atoms with Crippen molar-refractivity contribution < 1.29 is 4.79 Å². The van der Waals surface area contributed by atoms with Crippen molar-refractivity contribution in [2.75, 3.05) is 0 Å². The SMILES string of the molecule is O=C(NCc1csc2ccccc12)C1CC1c1ccccc1Cl. The predicted octanol–water partition coefficient (Wildman–Crippen LogP) is 4.97. The first-order chi connectivity index (χ1) is 11.2. The first kappa shape index (κ1) is 14.7. The van der Waals surface area contributed by atoms with Crippen molar-refractivity contribution in [2.45, 2.75) is 18.9 Å². The van der Waals surface area contributed by atoms with Crippen molar-refractivity contribution in [1.29, 1.82) is 0 Å². The van der Waals surface area contributed by atoms with Crippen molar-refractivity contribution in [2.24, 2.45) is 5.92 Å². The average molecular weight is 342 g/mol. The summed E-state index contributed by atoms with van der Waals surface area (Å²) in [4.78, 5) is 12.4. The van der Waals surface area contributed by atoms with E-state index in [1.54, 1.807) is 11.3 Å². The summed E-state index contributed by atoms with van der Waals surface area (Å²) >= 11 is 7.94. The molecule has 2 nitrogen and oxygen atoms in total. The molecule has 2 atom stereocenters. The number of hydrogen-bond donors (Lipinski definition) is 1. The topological polar surface area (TPSA) is 29.1 Å². The van der Waals surface area contributed by atoms with Gasteiger partial charge in [-0.1, -0.05) is 48.0 Å². The number of halogens is 1. The number of hydrogen-bond acceptors (Lipinski definition) is 2. The van der Waals surface area contributed by atoms with E-state index >= 15 is 0 Å². The van der Waals surface area contributed by atoms with Crippen molar-refractivity contribution in [1.82, 2.24) is 5.32 Å². The average Bonchev–Trinajstić information content (AvgIpc) is 3.26. The first-order valence-electron chi connectivity index (χ1n) is 7.71. The molecule has 1 heterocycles. The second-order valence-electron chi connectivity index (χ2n) is 5.95. The number of nitrogens with one attached hydrogen (secondary N) is 1. The largest absolute Gasteiger partial charge is 0.352 e. The Labute approximate surface area is 144 Å². The molecule has 4 rings (SSSR count). The minimum Gasteiger partial charge on any atom is -0.352 e. The molecule has 1 amide bonds. The van der Waals surface area contributed by atoms with Crippen LogP contribution in [0.4, 0.5) is 0 Å². The van der Waals surface area contributed by atoms with Gasteiger partial charge in [-0.2, -0.15) is 0 Å². The number of rotatable bonds is 4. The molecule has 1 aromatic heterocycles. The van der Waals surface area contributed by atoms with Crippen LogP contribution in [0.15, 0.2) is 53.9 Å². The van der Waals surface area contributed by atoms with E-state index in [4.69, 9.17) is 11.6 Å². The maximum Gasteiger partial charge on any atom is 0.224 e. The number of fused-ring (bicyclic) bond motifs is 1. The third-order valence-electron chi connectivity index (χ3n) is 4.45. The summed E-state index contributed by atoms with van der Waals surface area (Å²) in [6.07, 6.45) is 0.889. The summed E-state index contributed by atoms with van der Waals surface area (Å²) < 4.78 is 1.26. The van der Waals surface area contributed by atoms with E-state index in [1.807, 2.05) is 36.4 Å². The van der Waals surface area contributed by atoms with Gasteiger partial charge in [0.15, 0.2) is 0 Å². The molecule has 1 aliphatic carbocycles. The van der Waals surface area contributed by atoms with Gasteiger partial charge in [-0.15, -0.1) is 11.3 Å². The van der Waals surface area contributed by atoms with Crippen molar-refractivity contribution in [3.05, 3.63) is 70.1 Å². The molecule has 0 aliphatic heterocycles. The zero-order chi connectivity index (χ0) is 15.8. The minimum absolute atomic E-state index is 0.0554. The van der Waals surface area contributed by atoms with E-state index in [2.05, 4.69) is 22.8 Å². The Balaban J connectivity index is 1.41. The standard InChI is InChI=1S/C19H16ClNOS/c20-17-7-3-1-6-14(17)15-9-16(15)19(22)21-10-12-11-23-18-8-4-2-5-13(12)18/h1-8,11,15-16H,9-10H2,(H,21,22). The maximum atomic E-state index is 12.4. The Morgan fingerprint density at radius 2 is 1.96 bits per heavy atom. The van der Waals surface area contributed by atoms with Crippen LogP contribution in [-0.2, 0) is 11.3 Å². The highest BCUT2D eigenvalue weighted by atomic mass is 35.5. The monoisotopic (exact) mass is 341 g/mol. The van der Waals surface area contributed by atoms with Gasteiger partial charge < -0.3 is 5.32 Å². The number of carbonyl (C=O) groups is 1. The Morgan fingerprint density at radius 1 is 1.17 bits per heavy atom. The summed E-state index contributed by atoms with van der Waals surface area (Å²) in [6.45, 7) is 0.592. The molecule has 4 heteroatoms. The van der Waals surface area contributed by atoms with Gasteiger partial charge >= 0.3 is 0 Å². The highest BCUT2D eigenvalue weighted by Gasteiger charge is 2.44. The highest BCUT2D eigenvalue weighted by Crippen LogP contribution is 2.49. The van der Waals surface area contributed by atoms with E-state index in [1.165, 1.54) is 15.6 Å². The van der Waals surface area contributed by atoms with Crippen molar-refractivity contribution in [3.63, 3.8) is 0 Å². The van der Waals surface area contributed by atoms with Gasteiger partial charge in [0, 0.05) is 22.2 Å². The normalized spacial score (nSPS) is 19.7. The van der Waals surface area contributed by atoms with Gasteiger partial charge in [0.2, 0.25) is 5.91 Å². The zero-order valence-electron chi connectivity index (χ0n) is 12.5. The number of thiophene rings is 1. The molecule has 3 aromatic rings. The Bertz CT molecular complexity index is 872. The second kappa shape index (κ2) is 5.99. The fourth-order valence-corrected chi connectivity index (χ4v) is 4.33. The lowest BCUT2D eigenvalue weighted by Gasteiger charge is -2.05. The molecule has 116 valence electrons. The Kier molecular flexibility index (Phi) is 3.83. The molecule has 0 radical (unpaired) electrons. The van der Waals surface area contributed by atoms with Crippen LogP contribution in [0, 0.1) is 5.92 Å². The lowest BCUT2D eigenvalue weighted by atomic mass is 10.1. The molecule has 0 saturated heterocycles. The summed E-state index contributed by atoms with van der Waals surface area (Å²) in [5.74, 6) is 0.452. The smallest absolute Gasteiger partial charge is 0.224 e. The van der Waals surface area contributed by atoms with Gasteiger partial charge in [-0.05, 0) is 46.4 Å². The molecule has 1 aliphatic rings. The molecule has 23 heavy (non-hydrogen) atoms. The van der Waals surface area contributed by atoms with E-state index in [0.29, 0.717) is 6.54 Å². The molecule has 2 aromatic carbocycles. The molecular formula is C19H16ClNOS. The van der Waals surface area contributed by atoms with Crippen LogP contribution < -0.4 is 5.32 Å². The highest BCUT2D eigenvalue weighted by molar-refractivity contribution is 7.17.